The Labute approximate surface area is 117 Å². The second-order valence-corrected chi connectivity index (χ2v) is 6.09. The van der Waals surface area contributed by atoms with Crippen LogP contribution in [0.5, 0.6) is 0 Å². The highest BCUT2D eigenvalue weighted by molar-refractivity contribution is 5.81. The average Bonchev–Trinajstić information content (AvgIpc) is 2.37. The maximum Gasteiger partial charge on any atom is 0.237 e. The molecule has 2 atom stereocenters. The predicted molar refractivity (Wildman–Crippen MR) is 78.0 cm³/mol. The van der Waals surface area contributed by atoms with E-state index >= 15 is 0 Å². The van der Waals surface area contributed by atoms with Crippen molar-refractivity contribution in [3.63, 3.8) is 0 Å². The van der Waals surface area contributed by atoms with E-state index < -0.39 is 5.60 Å². The first-order valence-electron chi connectivity index (χ1n) is 7.73. The van der Waals surface area contributed by atoms with Crippen molar-refractivity contribution in [2.75, 3.05) is 6.54 Å². The van der Waals surface area contributed by atoms with Crippen LogP contribution in [0.4, 0.5) is 0 Å². The van der Waals surface area contributed by atoms with Crippen molar-refractivity contribution in [1.29, 1.82) is 0 Å². The van der Waals surface area contributed by atoms with Gasteiger partial charge in [0.25, 0.3) is 0 Å². The van der Waals surface area contributed by atoms with Gasteiger partial charge in [-0.2, -0.15) is 0 Å². The van der Waals surface area contributed by atoms with E-state index in [9.17, 15) is 9.90 Å². The Kier molecular flexibility index (Phi) is 6.80. The summed E-state index contributed by atoms with van der Waals surface area (Å²) in [4.78, 5) is 12.0. The first-order chi connectivity index (χ1) is 8.97. The van der Waals surface area contributed by atoms with Crippen molar-refractivity contribution in [3.05, 3.63) is 0 Å². The molecular formula is C15H30N2O2. The van der Waals surface area contributed by atoms with Gasteiger partial charge < -0.3 is 15.7 Å². The third kappa shape index (κ3) is 5.91. The smallest absolute Gasteiger partial charge is 0.237 e. The molecule has 1 amide bonds. The summed E-state index contributed by atoms with van der Waals surface area (Å²) >= 11 is 0. The standard InChI is InChI=1S/C15H30N2O2/c1-4-8-12(2)17-14(18)13(3)16-11-15(19)9-6-5-7-10-15/h12-13,16,19H,4-11H2,1-3H3,(H,17,18). The normalized spacial score (nSPS) is 21.7. The van der Waals surface area contributed by atoms with Crippen LogP contribution in [0, 0.1) is 0 Å². The minimum absolute atomic E-state index is 0.0281. The Morgan fingerprint density at radius 1 is 1.26 bits per heavy atom. The van der Waals surface area contributed by atoms with Gasteiger partial charge in [-0.05, 0) is 33.1 Å². The lowest BCUT2D eigenvalue weighted by atomic mass is 9.85. The maximum atomic E-state index is 12.0. The van der Waals surface area contributed by atoms with Gasteiger partial charge in [-0.25, -0.2) is 0 Å². The molecule has 0 aromatic heterocycles. The lowest BCUT2D eigenvalue weighted by Crippen LogP contribution is -2.51. The Morgan fingerprint density at radius 3 is 2.47 bits per heavy atom. The van der Waals surface area contributed by atoms with Gasteiger partial charge in [0.1, 0.15) is 0 Å². The monoisotopic (exact) mass is 270 g/mol. The maximum absolute atomic E-state index is 12.0. The van der Waals surface area contributed by atoms with Crippen molar-refractivity contribution in [2.24, 2.45) is 0 Å². The molecule has 0 radical (unpaired) electrons. The zero-order valence-corrected chi connectivity index (χ0v) is 12.7. The van der Waals surface area contributed by atoms with Crippen molar-refractivity contribution in [1.82, 2.24) is 10.6 Å². The van der Waals surface area contributed by atoms with Gasteiger partial charge in [-0.15, -0.1) is 0 Å². The zero-order valence-electron chi connectivity index (χ0n) is 12.7. The number of nitrogens with one attached hydrogen (secondary N) is 2. The fourth-order valence-corrected chi connectivity index (χ4v) is 2.70. The highest BCUT2D eigenvalue weighted by atomic mass is 16.3. The second-order valence-electron chi connectivity index (χ2n) is 6.09. The molecule has 0 aliphatic heterocycles. The summed E-state index contributed by atoms with van der Waals surface area (Å²) in [5, 5.41) is 16.5. The van der Waals surface area contributed by atoms with Crippen LogP contribution in [-0.2, 0) is 4.79 Å². The van der Waals surface area contributed by atoms with E-state index in [0.717, 1.165) is 38.5 Å². The molecule has 19 heavy (non-hydrogen) atoms. The van der Waals surface area contributed by atoms with Gasteiger partial charge in [0.15, 0.2) is 0 Å². The van der Waals surface area contributed by atoms with Crippen LogP contribution in [-0.4, -0.2) is 35.2 Å². The highest BCUT2D eigenvalue weighted by Crippen LogP contribution is 2.27. The van der Waals surface area contributed by atoms with Crippen LogP contribution >= 0.6 is 0 Å². The van der Waals surface area contributed by atoms with Crippen molar-refractivity contribution < 1.29 is 9.90 Å². The van der Waals surface area contributed by atoms with Crippen molar-refractivity contribution >= 4 is 5.91 Å². The number of rotatable bonds is 7. The quantitative estimate of drug-likeness (QED) is 0.663. The fraction of sp³-hybridized carbons (Fsp3) is 0.933. The highest BCUT2D eigenvalue weighted by Gasteiger charge is 2.29. The average molecular weight is 270 g/mol. The molecular weight excluding hydrogens is 240 g/mol. The lowest BCUT2D eigenvalue weighted by Gasteiger charge is -2.33. The summed E-state index contributed by atoms with van der Waals surface area (Å²) in [6.45, 7) is 6.52. The van der Waals surface area contributed by atoms with E-state index in [1.54, 1.807) is 0 Å². The third-order valence-corrected chi connectivity index (χ3v) is 4.03. The summed E-state index contributed by atoms with van der Waals surface area (Å²) in [6.07, 6.45) is 7.16. The molecule has 1 saturated carbocycles. The molecule has 0 bridgehead atoms. The summed E-state index contributed by atoms with van der Waals surface area (Å²) in [5.74, 6) is 0.0281. The van der Waals surface area contributed by atoms with Crippen LogP contribution in [0.2, 0.25) is 0 Å². The second kappa shape index (κ2) is 7.85. The summed E-state index contributed by atoms with van der Waals surface area (Å²) in [5.41, 5.74) is -0.609. The molecule has 3 N–H and O–H groups in total. The number of aliphatic hydroxyl groups is 1. The number of carbonyl (C=O) groups excluding carboxylic acids is 1. The van der Waals surface area contributed by atoms with Crippen molar-refractivity contribution in [3.8, 4) is 0 Å². The third-order valence-electron chi connectivity index (χ3n) is 4.03. The largest absolute Gasteiger partial charge is 0.389 e. The van der Waals surface area contributed by atoms with Crippen LogP contribution in [0.25, 0.3) is 0 Å². The predicted octanol–water partition coefficient (Wildman–Crippen LogP) is 1.96. The Bertz CT molecular complexity index is 275. The first-order valence-corrected chi connectivity index (χ1v) is 7.73. The van der Waals surface area contributed by atoms with Gasteiger partial charge in [-0.3, -0.25) is 4.79 Å². The molecule has 2 unspecified atom stereocenters. The molecule has 1 aliphatic rings. The first kappa shape index (κ1) is 16.4. The van der Waals surface area contributed by atoms with Crippen LogP contribution in [0.1, 0.15) is 65.7 Å². The molecule has 0 aromatic rings. The molecule has 0 saturated heterocycles. The SMILES string of the molecule is CCCC(C)NC(=O)C(C)NCC1(O)CCCCC1. The van der Waals surface area contributed by atoms with Gasteiger partial charge in [-0.1, -0.05) is 32.6 Å². The minimum atomic E-state index is -0.609. The van der Waals surface area contributed by atoms with E-state index in [1.165, 1.54) is 6.42 Å². The number of carbonyl (C=O) groups is 1. The Morgan fingerprint density at radius 2 is 1.89 bits per heavy atom. The Hall–Kier alpha value is -0.610. The van der Waals surface area contributed by atoms with Crippen LogP contribution in [0.3, 0.4) is 0 Å². The van der Waals surface area contributed by atoms with E-state index in [4.69, 9.17) is 0 Å². The van der Waals surface area contributed by atoms with Crippen LogP contribution < -0.4 is 10.6 Å². The summed E-state index contributed by atoms with van der Waals surface area (Å²) < 4.78 is 0. The molecule has 1 aliphatic carbocycles. The van der Waals surface area contributed by atoms with Crippen LogP contribution in [0.15, 0.2) is 0 Å². The lowest BCUT2D eigenvalue weighted by molar-refractivity contribution is -0.123. The molecule has 1 fully saturated rings. The van der Waals surface area contributed by atoms with E-state index in [2.05, 4.69) is 17.6 Å². The number of amides is 1. The zero-order chi connectivity index (χ0) is 14.3. The van der Waals surface area contributed by atoms with Gasteiger partial charge in [0, 0.05) is 12.6 Å². The molecule has 0 aromatic carbocycles. The van der Waals surface area contributed by atoms with Gasteiger partial charge in [0.2, 0.25) is 5.91 Å². The molecule has 0 heterocycles. The molecule has 0 spiro atoms. The van der Waals surface area contributed by atoms with Gasteiger partial charge in [0.05, 0.1) is 11.6 Å². The molecule has 1 rings (SSSR count). The number of hydrogen-bond donors (Lipinski definition) is 3. The molecule has 4 nitrogen and oxygen atoms in total. The van der Waals surface area contributed by atoms with Gasteiger partial charge >= 0.3 is 0 Å². The van der Waals surface area contributed by atoms with E-state index in [0.29, 0.717) is 6.54 Å². The van der Waals surface area contributed by atoms with Crippen molar-refractivity contribution in [2.45, 2.75) is 83.4 Å². The molecule has 112 valence electrons. The minimum Gasteiger partial charge on any atom is -0.389 e. The summed E-state index contributed by atoms with van der Waals surface area (Å²) in [6, 6.07) is -0.0234. The number of hydrogen-bond acceptors (Lipinski definition) is 3. The van der Waals surface area contributed by atoms with E-state index in [-0.39, 0.29) is 18.0 Å². The summed E-state index contributed by atoms with van der Waals surface area (Å²) in [7, 11) is 0. The molecule has 4 heteroatoms. The Balaban J connectivity index is 2.29. The topological polar surface area (TPSA) is 61.4 Å². The fourth-order valence-electron chi connectivity index (χ4n) is 2.70. The van der Waals surface area contributed by atoms with E-state index in [1.807, 2.05) is 13.8 Å².